The Balaban J connectivity index is 2.43. The molecule has 1 aromatic rings. The van der Waals surface area contributed by atoms with Crippen molar-refractivity contribution in [1.82, 2.24) is 4.90 Å². The van der Waals surface area contributed by atoms with E-state index >= 15 is 0 Å². The van der Waals surface area contributed by atoms with Crippen molar-refractivity contribution in [1.29, 1.82) is 0 Å². The second-order valence-corrected chi connectivity index (χ2v) is 5.04. The summed E-state index contributed by atoms with van der Waals surface area (Å²) in [5.41, 5.74) is 0.753. The summed E-state index contributed by atoms with van der Waals surface area (Å²) in [4.78, 5) is 24.9. The Morgan fingerprint density at radius 1 is 1.42 bits per heavy atom. The number of thioether (sulfide) groups is 1. The molecule has 6 heteroatoms. The Morgan fingerprint density at radius 3 is 2.79 bits per heavy atom. The maximum atomic E-state index is 11.8. The molecule has 0 spiro atoms. The number of benzene rings is 1. The van der Waals surface area contributed by atoms with Gasteiger partial charge in [-0.1, -0.05) is 6.07 Å². The average molecular weight is 282 g/mol. The number of aliphatic carboxylic acids is 1. The second-order valence-electron chi connectivity index (χ2n) is 4.16. The van der Waals surface area contributed by atoms with Crippen molar-refractivity contribution >= 4 is 29.3 Å². The molecule has 0 radical (unpaired) electrons. The van der Waals surface area contributed by atoms with Gasteiger partial charge in [0.1, 0.15) is 0 Å². The number of hydrogen-bond acceptors (Lipinski definition) is 4. The third-order valence-electron chi connectivity index (χ3n) is 2.47. The van der Waals surface area contributed by atoms with Crippen LogP contribution in [0.25, 0.3) is 0 Å². The molecule has 5 nitrogen and oxygen atoms in total. The molecule has 2 N–H and O–H groups in total. The quantitative estimate of drug-likeness (QED) is 0.746. The summed E-state index contributed by atoms with van der Waals surface area (Å²) in [6.45, 7) is 0.532. The molecule has 1 aromatic carbocycles. The van der Waals surface area contributed by atoms with Gasteiger partial charge in [0, 0.05) is 17.1 Å². The van der Waals surface area contributed by atoms with Crippen LogP contribution in [0.2, 0.25) is 0 Å². The van der Waals surface area contributed by atoms with Crippen LogP contribution in [0.3, 0.4) is 0 Å². The first-order valence-corrected chi connectivity index (χ1v) is 7.08. The molecule has 19 heavy (non-hydrogen) atoms. The number of hydrogen-bond donors (Lipinski definition) is 2. The molecule has 0 aliphatic carbocycles. The molecular formula is C13H18N2O3S. The summed E-state index contributed by atoms with van der Waals surface area (Å²) in [5.74, 6) is -1.01. The summed E-state index contributed by atoms with van der Waals surface area (Å²) in [5, 5.41) is 11.4. The summed E-state index contributed by atoms with van der Waals surface area (Å²) < 4.78 is 0. The predicted molar refractivity (Wildman–Crippen MR) is 76.6 cm³/mol. The number of rotatable bonds is 7. The van der Waals surface area contributed by atoms with Gasteiger partial charge in [0.2, 0.25) is 5.91 Å². The highest BCUT2D eigenvalue weighted by Crippen LogP contribution is 2.18. The molecule has 0 bridgehead atoms. The SMILES string of the molecule is CSc1cccc(NC(=O)CN(C)CCC(=O)O)c1. The average Bonchev–Trinajstić information content (AvgIpc) is 2.36. The van der Waals surface area contributed by atoms with E-state index in [4.69, 9.17) is 5.11 Å². The number of carboxylic acid groups (broad SMARTS) is 1. The van der Waals surface area contributed by atoms with E-state index in [2.05, 4.69) is 5.32 Å². The standard InChI is InChI=1S/C13H18N2O3S/c1-15(7-6-13(17)18)9-12(16)14-10-4-3-5-11(8-10)19-2/h3-5,8H,6-7,9H2,1-2H3,(H,14,16)(H,17,18). The van der Waals surface area contributed by atoms with Crippen LogP contribution in [0.5, 0.6) is 0 Å². The number of nitrogens with one attached hydrogen (secondary N) is 1. The predicted octanol–water partition coefficient (Wildman–Crippen LogP) is 1.75. The highest BCUT2D eigenvalue weighted by molar-refractivity contribution is 7.98. The lowest BCUT2D eigenvalue weighted by molar-refractivity contribution is -0.137. The second kappa shape index (κ2) is 7.81. The van der Waals surface area contributed by atoms with Crippen LogP contribution in [0.1, 0.15) is 6.42 Å². The Bertz CT molecular complexity index is 451. The van der Waals surface area contributed by atoms with Crippen molar-refractivity contribution in [2.45, 2.75) is 11.3 Å². The minimum absolute atomic E-state index is 0.0335. The van der Waals surface area contributed by atoms with Gasteiger partial charge >= 0.3 is 5.97 Å². The molecule has 1 rings (SSSR count). The lowest BCUT2D eigenvalue weighted by Crippen LogP contribution is -2.31. The molecule has 0 unspecified atom stereocenters. The lowest BCUT2D eigenvalue weighted by Gasteiger charge is -2.15. The van der Waals surface area contributed by atoms with Gasteiger partial charge in [0.25, 0.3) is 0 Å². The fraction of sp³-hybridized carbons (Fsp3) is 0.385. The lowest BCUT2D eigenvalue weighted by atomic mass is 10.3. The zero-order chi connectivity index (χ0) is 14.3. The number of carbonyl (C=O) groups is 2. The van der Waals surface area contributed by atoms with Gasteiger partial charge < -0.3 is 10.4 Å². The molecule has 104 valence electrons. The van der Waals surface area contributed by atoms with Crippen LogP contribution in [-0.2, 0) is 9.59 Å². The summed E-state index contributed by atoms with van der Waals surface area (Å²) in [6, 6.07) is 7.59. The molecule has 0 saturated heterocycles. The van der Waals surface area contributed by atoms with Crippen LogP contribution in [-0.4, -0.2) is 48.3 Å². The normalized spacial score (nSPS) is 10.5. The van der Waals surface area contributed by atoms with Crippen molar-refractivity contribution in [3.8, 4) is 0 Å². The minimum atomic E-state index is -0.861. The minimum Gasteiger partial charge on any atom is -0.481 e. The van der Waals surface area contributed by atoms with Crippen molar-refractivity contribution in [3.05, 3.63) is 24.3 Å². The molecule has 0 aromatic heterocycles. The monoisotopic (exact) mass is 282 g/mol. The van der Waals surface area contributed by atoms with Gasteiger partial charge in [-0.3, -0.25) is 14.5 Å². The molecule has 0 heterocycles. The van der Waals surface area contributed by atoms with E-state index in [1.54, 1.807) is 23.7 Å². The molecule has 0 saturated carbocycles. The summed E-state index contributed by atoms with van der Waals surface area (Å²) >= 11 is 1.61. The van der Waals surface area contributed by atoms with Crippen molar-refractivity contribution < 1.29 is 14.7 Å². The largest absolute Gasteiger partial charge is 0.481 e. The molecule has 0 aliphatic rings. The Hall–Kier alpha value is -1.53. The number of carbonyl (C=O) groups excluding carboxylic acids is 1. The van der Waals surface area contributed by atoms with E-state index in [0.29, 0.717) is 6.54 Å². The fourth-order valence-electron chi connectivity index (χ4n) is 1.51. The first-order valence-electron chi connectivity index (χ1n) is 5.85. The van der Waals surface area contributed by atoms with Gasteiger partial charge in [-0.25, -0.2) is 0 Å². The van der Waals surface area contributed by atoms with Crippen LogP contribution in [0.4, 0.5) is 5.69 Å². The molecule has 0 aliphatic heterocycles. The van der Waals surface area contributed by atoms with Gasteiger partial charge in [-0.05, 0) is 31.5 Å². The first kappa shape index (κ1) is 15.5. The molecular weight excluding hydrogens is 264 g/mol. The van der Waals surface area contributed by atoms with E-state index in [1.807, 2.05) is 30.5 Å². The zero-order valence-corrected chi connectivity index (χ0v) is 11.9. The number of nitrogens with zero attached hydrogens (tertiary/aromatic N) is 1. The molecule has 0 fully saturated rings. The molecule has 0 atom stereocenters. The van der Waals surface area contributed by atoms with Crippen LogP contribution in [0, 0.1) is 0 Å². The number of amides is 1. The Kier molecular flexibility index (Phi) is 6.38. The topological polar surface area (TPSA) is 69.6 Å². The van der Waals surface area contributed by atoms with Crippen molar-refractivity contribution in [3.63, 3.8) is 0 Å². The Morgan fingerprint density at radius 2 is 2.16 bits per heavy atom. The van der Waals surface area contributed by atoms with Gasteiger partial charge in [0.15, 0.2) is 0 Å². The molecule has 1 amide bonds. The van der Waals surface area contributed by atoms with E-state index in [0.717, 1.165) is 10.6 Å². The highest BCUT2D eigenvalue weighted by atomic mass is 32.2. The third kappa shape index (κ3) is 6.26. The first-order chi connectivity index (χ1) is 9.01. The summed E-state index contributed by atoms with van der Waals surface area (Å²) in [6.07, 6.45) is 2.01. The maximum Gasteiger partial charge on any atom is 0.304 e. The number of anilines is 1. The zero-order valence-electron chi connectivity index (χ0n) is 11.0. The maximum absolute atomic E-state index is 11.8. The van der Waals surface area contributed by atoms with E-state index in [-0.39, 0.29) is 18.9 Å². The van der Waals surface area contributed by atoms with Crippen molar-refractivity contribution in [2.75, 3.05) is 31.7 Å². The summed E-state index contributed by atoms with van der Waals surface area (Å²) in [7, 11) is 1.72. The third-order valence-corrected chi connectivity index (χ3v) is 3.20. The Labute approximate surface area is 117 Å². The smallest absolute Gasteiger partial charge is 0.304 e. The number of carboxylic acids is 1. The van der Waals surface area contributed by atoms with E-state index in [9.17, 15) is 9.59 Å². The highest BCUT2D eigenvalue weighted by Gasteiger charge is 2.08. The van der Waals surface area contributed by atoms with Gasteiger partial charge in [-0.15, -0.1) is 11.8 Å². The van der Waals surface area contributed by atoms with Crippen LogP contribution >= 0.6 is 11.8 Å². The van der Waals surface area contributed by atoms with Gasteiger partial charge in [0.05, 0.1) is 13.0 Å². The number of likely N-dealkylation sites (N-methyl/N-ethyl adjacent to an activating group) is 1. The van der Waals surface area contributed by atoms with Crippen molar-refractivity contribution in [2.24, 2.45) is 0 Å². The van der Waals surface area contributed by atoms with Crippen LogP contribution in [0.15, 0.2) is 29.2 Å². The van der Waals surface area contributed by atoms with E-state index in [1.165, 1.54) is 0 Å². The fourth-order valence-corrected chi connectivity index (χ4v) is 1.97. The van der Waals surface area contributed by atoms with Crippen LogP contribution < -0.4 is 5.32 Å². The van der Waals surface area contributed by atoms with Gasteiger partial charge in [-0.2, -0.15) is 0 Å². The van der Waals surface area contributed by atoms with E-state index < -0.39 is 5.97 Å².